The number of benzene rings is 1. The highest BCUT2D eigenvalue weighted by Gasteiger charge is 2.41. The van der Waals surface area contributed by atoms with Crippen LogP contribution in [0.15, 0.2) is 22.7 Å². The number of amides is 1. The van der Waals surface area contributed by atoms with Gasteiger partial charge in [-0.15, -0.1) is 0 Å². The zero-order chi connectivity index (χ0) is 14.2. The predicted octanol–water partition coefficient (Wildman–Crippen LogP) is 2.32. The Morgan fingerprint density at radius 2 is 2.00 bits per heavy atom. The van der Waals surface area contributed by atoms with Gasteiger partial charge >= 0.3 is 0 Å². The van der Waals surface area contributed by atoms with Crippen LogP contribution in [0, 0.1) is 0 Å². The second-order valence-corrected chi connectivity index (χ2v) is 6.17. The average Bonchev–Trinajstić information content (AvgIpc) is 2.37. The summed E-state index contributed by atoms with van der Waals surface area (Å²) in [6.45, 7) is 5.16. The first-order chi connectivity index (χ1) is 8.87. The molecule has 1 aromatic rings. The molecule has 0 N–H and O–H groups in total. The molecule has 1 amide bonds. The molecule has 0 aliphatic carbocycles. The number of hydrogen-bond donors (Lipinski definition) is 0. The smallest absolute Gasteiger partial charge is 0.247 e. The molecule has 0 bridgehead atoms. The average molecular weight is 325 g/mol. The minimum atomic E-state index is -0.640. The maximum absolute atomic E-state index is 12.3. The second kappa shape index (κ2) is 4.96. The maximum atomic E-state index is 12.3. The molecule has 0 unspecified atom stereocenters. The SMILES string of the molecule is CN1CCN(c2ccc(Br)cc2C=O)C(C)(C)C1=O. The lowest BCUT2D eigenvalue weighted by molar-refractivity contribution is -0.136. The fraction of sp³-hybridized carbons (Fsp3) is 0.429. The summed E-state index contributed by atoms with van der Waals surface area (Å²) < 4.78 is 0.858. The van der Waals surface area contributed by atoms with Crippen molar-refractivity contribution in [2.75, 3.05) is 25.0 Å². The van der Waals surface area contributed by atoms with Gasteiger partial charge in [0.15, 0.2) is 6.29 Å². The first-order valence-electron chi connectivity index (χ1n) is 6.16. The molecule has 102 valence electrons. The highest BCUT2D eigenvalue weighted by molar-refractivity contribution is 9.10. The number of hydrogen-bond acceptors (Lipinski definition) is 3. The fourth-order valence-corrected chi connectivity index (χ4v) is 2.88. The van der Waals surface area contributed by atoms with Gasteiger partial charge in [-0.25, -0.2) is 0 Å². The van der Waals surface area contributed by atoms with Crippen molar-refractivity contribution in [1.29, 1.82) is 0 Å². The Labute approximate surface area is 121 Å². The lowest BCUT2D eigenvalue weighted by atomic mass is 9.96. The number of carbonyl (C=O) groups excluding carboxylic acids is 2. The van der Waals surface area contributed by atoms with Crippen molar-refractivity contribution in [2.24, 2.45) is 0 Å². The number of aldehydes is 1. The van der Waals surface area contributed by atoms with Crippen molar-refractivity contribution in [2.45, 2.75) is 19.4 Å². The van der Waals surface area contributed by atoms with E-state index in [0.29, 0.717) is 12.1 Å². The molecular weight excluding hydrogens is 308 g/mol. The molecule has 1 aliphatic rings. The van der Waals surface area contributed by atoms with Crippen LogP contribution in [-0.2, 0) is 4.79 Å². The fourth-order valence-electron chi connectivity index (χ4n) is 2.50. The van der Waals surface area contributed by atoms with Gasteiger partial charge in [0, 0.05) is 35.9 Å². The summed E-state index contributed by atoms with van der Waals surface area (Å²) in [5.74, 6) is 0.0681. The predicted molar refractivity (Wildman–Crippen MR) is 78.6 cm³/mol. The van der Waals surface area contributed by atoms with Crippen LogP contribution in [0.5, 0.6) is 0 Å². The molecule has 1 aromatic carbocycles. The van der Waals surface area contributed by atoms with Crippen LogP contribution in [0.2, 0.25) is 0 Å². The Hall–Kier alpha value is -1.36. The van der Waals surface area contributed by atoms with Gasteiger partial charge in [-0.3, -0.25) is 9.59 Å². The monoisotopic (exact) mass is 324 g/mol. The molecule has 5 heteroatoms. The highest BCUT2D eigenvalue weighted by atomic mass is 79.9. The molecule has 2 rings (SSSR count). The van der Waals surface area contributed by atoms with Crippen molar-refractivity contribution in [3.05, 3.63) is 28.2 Å². The van der Waals surface area contributed by atoms with Crippen LogP contribution in [0.25, 0.3) is 0 Å². The van der Waals surface area contributed by atoms with Crippen LogP contribution in [0.4, 0.5) is 5.69 Å². The van der Waals surface area contributed by atoms with Crippen molar-refractivity contribution in [1.82, 2.24) is 4.90 Å². The van der Waals surface area contributed by atoms with Gasteiger partial charge in [0.25, 0.3) is 0 Å². The Bertz CT molecular complexity index is 528. The van der Waals surface area contributed by atoms with Crippen molar-refractivity contribution >= 4 is 33.8 Å². The van der Waals surface area contributed by atoms with E-state index in [4.69, 9.17) is 0 Å². The van der Waals surface area contributed by atoms with Crippen LogP contribution in [0.1, 0.15) is 24.2 Å². The Morgan fingerprint density at radius 1 is 1.32 bits per heavy atom. The van der Waals surface area contributed by atoms with Crippen LogP contribution in [0.3, 0.4) is 0 Å². The molecule has 0 radical (unpaired) electrons. The normalized spacial score (nSPS) is 18.6. The molecule has 1 fully saturated rings. The van der Waals surface area contributed by atoms with E-state index < -0.39 is 5.54 Å². The van der Waals surface area contributed by atoms with Crippen LogP contribution < -0.4 is 4.90 Å². The first kappa shape index (κ1) is 14.1. The van der Waals surface area contributed by atoms with E-state index in [2.05, 4.69) is 15.9 Å². The summed E-state index contributed by atoms with van der Waals surface area (Å²) >= 11 is 3.36. The highest BCUT2D eigenvalue weighted by Crippen LogP contribution is 2.31. The quantitative estimate of drug-likeness (QED) is 0.784. The lowest BCUT2D eigenvalue weighted by Gasteiger charge is -2.46. The molecule has 1 aliphatic heterocycles. The van der Waals surface area contributed by atoms with E-state index in [9.17, 15) is 9.59 Å². The summed E-state index contributed by atoms with van der Waals surface area (Å²) in [5, 5.41) is 0. The largest absolute Gasteiger partial charge is 0.355 e. The number of nitrogens with zero attached hydrogens (tertiary/aromatic N) is 2. The number of likely N-dealkylation sites (N-methyl/N-ethyl adjacent to an activating group) is 1. The first-order valence-corrected chi connectivity index (χ1v) is 6.95. The van der Waals surface area contributed by atoms with E-state index in [-0.39, 0.29) is 5.91 Å². The van der Waals surface area contributed by atoms with E-state index in [1.807, 2.05) is 37.9 Å². The zero-order valence-electron chi connectivity index (χ0n) is 11.3. The lowest BCUT2D eigenvalue weighted by Crippen LogP contribution is -2.62. The standard InChI is InChI=1S/C14H17BrN2O2/c1-14(2)13(19)16(3)6-7-17(14)12-5-4-11(15)8-10(12)9-18/h4-5,8-9H,6-7H2,1-3H3. The summed E-state index contributed by atoms with van der Waals surface area (Å²) in [5.41, 5.74) is 0.767. The zero-order valence-corrected chi connectivity index (χ0v) is 12.9. The van der Waals surface area contributed by atoms with Gasteiger partial charge < -0.3 is 9.80 Å². The third-order valence-corrected chi connectivity index (χ3v) is 4.10. The Balaban J connectivity index is 2.47. The number of rotatable bonds is 2. The molecule has 1 heterocycles. The molecular formula is C14H17BrN2O2. The molecule has 19 heavy (non-hydrogen) atoms. The van der Waals surface area contributed by atoms with E-state index >= 15 is 0 Å². The van der Waals surface area contributed by atoms with E-state index in [1.165, 1.54) is 0 Å². The summed E-state index contributed by atoms with van der Waals surface area (Å²) in [7, 11) is 1.81. The molecule has 0 spiro atoms. The number of anilines is 1. The molecule has 4 nitrogen and oxygen atoms in total. The van der Waals surface area contributed by atoms with Crippen LogP contribution >= 0.6 is 15.9 Å². The molecule has 0 aromatic heterocycles. The van der Waals surface area contributed by atoms with Crippen molar-refractivity contribution < 1.29 is 9.59 Å². The summed E-state index contributed by atoms with van der Waals surface area (Å²) in [6, 6.07) is 5.55. The van der Waals surface area contributed by atoms with Gasteiger partial charge in [0.05, 0.1) is 0 Å². The third-order valence-electron chi connectivity index (χ3n) is 3.61. The molecule has 0 atom stereocenters. The number of piperazine rings is 1. The topological polar surface area (TPSA) is 40.6 Å². The summed E-state index contributed by atoms with van der Waals surface area (Å²) in [6.07, 6.45) is 0.832. The maximum Gasteiger partial charge on any atom is 0.247 e. The minimum absolute atomic E-state index is 0.0681. The van der Waals surface area contributed by atoms with Crippen LogP contribution in [-0.4, -0.2) is 42.8 Å². The van der Waals surface area contributed by atoms with Crippen molar-refractivity contribution in [3.8, 4) is 0 Å². The minimum Gasteiger partial charge on any atom is -0.355 e. The Morgan fingerprint density at radius 3 is 2.63 bits per heavy atom. The third kappa shape index (κ3) is 2.39. The second-order valence-electron chi connectivity index (χ2n) is 5.26. The van der Waals surface area contributed by atoms with Crippen molar-refractivity contribution in [3.63, 3.8) is 0 Å². The van der Waals surface area contributed by atoms with Gasteiger partial charge in [-0.05, 0) is 32.0 Å². The number of carbonyl (C=O) groups is 2. The van der Waals surface area contributed by atoms with E-state index in [1.54, 1.807) is 11.0 Å². The van der Waals surface area contributed by atoms with Gasteiger partial charge in [-0.1, -0.05) is 15.9 Å². The molecule has 0 saturated carbocycles. The Kier molecular flexibility index (Phi) is 3.67. The van der Waals surface area contributed by atoms with E-state index in [0.717, 1.165) is 23.0 Å². The van der Waals surface area contributed by atoms with Gasteiger partial charge in [0.2, 0.25) is 5.91 Å². The summed E-state index contributed by atoms with van der Waals surface area (Å²) in [4.78, 5) is 27.3. The van der Waals surface area contributed by atoms with Gasteiger partial charge in [-0.2, -0.15) is 0 Å². The molecule has 1 saturated heterocycles. The number of halogens is 1. The van der Waals surface area contributed by atoms with Gasteiger partial charge in [0.1, 0.15) is 5.54 Å².